The van der Waals surface area contributed by atoms with Crippen LogP contribution in [0.1, 0.15) is 39.5 Å². The SMILES string of the molecule is CC(=O)CCC[C@H](NC(=O)CC(=O)O)C(C)=O. The van der Waals surface area contributed by atoms with Gasteiger partial charge in [-0.2, -0.15) is 0 Å². The number of nitrogens with one attached hydrogen (secondary N) is 1. The van der Waals surface area contributed by atoms with Gasteiger partial charge in [0.05, 0.1) is 6.04 Å². The molecule has 1 amide bonds. The third kappa shape index (κ3) is 8.12. The lowest BCUT2D eigenvalue weighted by Gasteiger charge is -2.14. The minimum Gasteiger partial charge on any atom is -0.481 e. The molecule has 0 heterocycles. The van der Waals surface area contributed by atoms with Gasteiger partial charge in [-0.25, -0.2) is 0 Å². The quantitative estimate of drug-likeness (QED) is 0.597. The van der Waals surface area contributed by atoms with Gasteiger partial charge >= 0.3 is 5.97 Å². The number of carboxylic acid groups (broad SMARTS) is 1. The maximum absolute atomic E-state index is 11.2. The number of rotatable bonds is 8. The number of hydrogen-bond acceptors (Lipinski definition) is 4. The molecule has 1 atom stereocenters. The number of hydrogen-bond donors (Lipinski definition) is 2. The standard InChI is InChI=1S/C11H17NO5/c1-7(13)4-3-5-9(8(2)14)12-10(15)6-11(16)17/h9H,3-6H2,1-2H3,(H,12,15)(H,16,17)/t9-/m0/s1. The third-order valence-electron chi connectivity index (χ3n) is 2.16. The highest BCUT2D eigenvalue weighted by atomic mass is 16.4. The molecule has 0 aliphatic carbocycles. The first-order valence-corrected chi connectivity index (χ1v) is 5.34. The van der Waals surface area contributed by atoms with Crippen molar-refractivity contribution in [2.24, 2.45) is 0 Å². The molecule has 0 rings (SSSR count). The highest BCUT2D eigenvalue weighted by Crippen LogP contribution is 2.03. The minimum atomic E-state index is -1.24. The Morgan fingerprint density at radius 1 is 1.18 bits per heavy atom. The predicted octanol–water partition coefficient (Wildman–Crippen LogP) is 0.294. The van der Waals surface area contributed by atoms with Crippen LogP contribution < -0.4 is 5.32 Å². The topological polar surface area (TPSA) is 101 Å². The summed E-state index contributed by atoms with van der Waals surface area (Å²) >= 11 is 0. The molecule has 0 radical (unpaired) electrons. The van der Waals surface area contributed by atoms with Crippen molar-refractivity contribution in [1.29, 1.82) is 0 Å². The number of Topliss-reactive ketones (excluding diaryl/α,β-unsaturated/α-hetero) is 2. The summed E-state index contributed by atoms with van der Waals surface area (Å²) in [5, 5.41) is 10.7. The van der Waals surface area contributed by atoms with Gasteiger partial charge in [-0.05, 0) is 26.7 Å². The average molecular weight is 243 g/mol. The van der Waals surface area contributed by atoms with Crippen LogP contribution in [0.15, 0.2) is 0 Å². The fourth-order valence-corrected chi connectivity index (χ4v) is 1.31. The second-order valence-electron chi connectivity index (χ2n) is 3.90. The normalized spacial score (nSPS) is 11.6. The summed E-state index contributed by atoms with van der Waals surface area (Å²) in [4.78, 5) is 43.3. The molecule has 6 heteroatoms. The molecular formula is C11H17NO5. The van der Waals surface area contributed by atoms with Crippen LogP contribution in [0, 0.1) is 0 Å². The predicted molar refractivity (Wildman–Crippen MR) is 59.4 cm³/mol. The Labute approximate surface area is 99.4 Å². The van der Waals surface area contributed by atoms with Crippen LogP contribution in [0.3, 0.4) is 0 Å². The minimum absolute atomic E-state index is 0.0177. The van der Waals surface area contributed by atoms with E-state index in [1.54, 1.807) is 0 Å². The second-order valence-corrected chi connectivity index (χ2v) is 3.90. The van der Waals surface area contributed by atoms with E-state index in [1.807, 2.05) is 0 Å². The van der Waals surface area contributed by atoms with E-state index in [1.165, 1.54) is 13.8 Å². The molecule has 0 aromatic carbocycles. The van der Waals surface area contributed by atoms with Crippen molar-refractivity contribution in [2.45, 2.75) is 45.6 Å². The summed E-state index contributed by atoms with van der Waals surface area (Å²) in [5.74, 6) is -2.16. The Morgan fingerprint density at radius 3 is 2.18 bits per heavy atom. The van der Waals surface area contributed by atoms with Crippen LogP contribution in [0.5, 0.6) is 0 Å². The third-order valence-corrected chi connectivity index (χ3v) is 2.16. The van der Waals surface area contributed by atoms with Crippen LogP contribution in [-0.4, -0.2) is 34.6 Å². The lowest BCUT2D eigenvalue weighted by atomic mass is 10.0. The highest BCUT2D eigenvalue weighted by Gasteiger charge is 2.18. The van der Waals surface area contributed by atoms with Gasteiger partial charge in [0.25, 0.3) is 0 Å². The largest absolute Gasteiger partial charge is 0.481 e. The van der Waals surface area contributed by atoms with Crippen molar-refractivity contribution < 1.29 is 24.3 Å². The van der Waals surface area contributed by atoms with Gasteiger partial charge in [0.15, 0.2) is 5.78 Å². The summed E-state index contributed by atoms with van der Waals surface area (Å²) in [6, 6.07) is -0.707. The monoisotopic (exact) mass is 243 g/mol. The summed E-state index contributed by atoms with van der Waals surface area (Å²) in [6.07, 6.45) is 0.530. The van der Waals surface area contributed by atoms with E-state index in [-0.39, 0.29) is 11.6 Å². The molecule has 6 nitrogen and oxygen atoms in total. The molecule has 0 aromatic rings. The lowest BCUT2D eigenvalue weighted by Crippen LogP contribution is -2.40. The molecule has 2 N–H and O–H groups in total. The molecule has 0 spiro atoms. The summed E-state index contributed by atoms with van der Waals surface area (Å²) < 4.78 is 0. The number of aliphatic carboxylic acids is 1. The average Bonchev–Trinajstić information content (AvgIpc) is 2.13. The first-order chi connectivity index (χ1) is 7.82. The molecule has 17 heavy (non-hydrogen) atoms. The molecule has 0 saturated heterocycles. The first kappa shape index (κ1) is 15.3. The zero-order chi connectivity index (χ0) is 13.4. The highest BCUT2D eigenvalue weighted by molar-refractivity contribution is 5.96. The zero-order valence-electron chi connectivity index (χ0n) is 9.99. The van der Waals surface area contributed by atoms with Crippen molar-refractivity contribution in [1.82, 2.24) is 5.32 Å². The summed E-state index contributed by atoms with van der Waals surface area (Å²) in [6.45, 7) is 2.77. The van der Waals surface area contributed by atoms with Crippen molar-refractivity contribution >= 4 is 23.4 Å². The van der Waals surface area contributed by atoms with Gasteiger partial charge in [-0.15, -0.1) is 0 Å². The second kappa shape index (κ2) is 7.54. The Kier molecular flexibility index (Phi) is 6.77. The first-order valence-electron chi connectivity index (χ1n) is 5.34. The molecule has 96 valence electrons. The van der Waals surface area contributed by atoms with Gasteiger partial charge in [-0.1, -0.05) is 0 Å². The summed E-state index contributed by atoms with van der Waals surface area (Å²) in [7, 11) is 0. The maximum atomic E-state index is 11.2. The molecule has 0 unspecified atom stereocenters. The lowest BCUT2D eigenvalue weighted by molar-refractivity contribution is -0.141. The van der Waals surface area contributed by atoms with Gasteiger partial charge in [0, 0.05) is 6.42 Å². The number of amides is 1. The van der Waals surface area contributed by atoms with E-state index < -0.39 is 24.3 Å². The van der Waals surface area contributed by atoms with Crippen molar-refractivity contribution in [3.05, 3.63) is 0 Å². The number of carbonyl (C=O) groups is 4. The Morgan fingerprint density at radius 2 is 1.76 bits per heavy atom. The van der Waals surface area contributed by atoms with E-state index in [0.717, 1.165) is 0 Å². The van der Waals surface area contributed by atoms with Crippen molar-refractivity contribution in [3.63, 3.8) is 0 Å². The zero-order valence-corrected chi connectivity index (χ0v) is 9.99. The van der Waals surface area contributed by atoms with Gasteiger partial charge < -0.3 is 15.2 Å². The molecule has 0 fully saturated rings. The van der Waals surface area contributed by atoms with Crippen molar-refractivity contribution in [3.8, 4) is 0 Å². The van der Waals surface area contributed by atoms with Gasteiger partial charge in [0.2, 0.25) is 5.91 Å². The van der Waals surface area contributed by atoms with Crippen LogP contribution >= 0.6 is 0 Å². The summed E-state index contributed by atoms with van der Waals surface area (Å²) in [5.41, 5.74) is 0. The Hall–Kier alpha value is -1.72. The van der Waals surface area contributed by atoms with Crippen LogP contribution in [0.4, 0.5) is 0 Å². The van der Waals surface area contributed by atoms with E-state index in [0.29, 0.717) is 19.3 Å². The fraction of sp³-hybridized carbons (Fsp3) is 0.636. The molecular weight excluding hydrogens is 226 g/mol. The van der Waals surface area contributed by atoms with E-state index >= 15 is 0 Å². The number of carboxylic acids is 1. The van der Waals surface area contributed by atoms with E-state index in [9.17, 15) is 19.2 Å². The Balaban J connectivity index is 4.15. The number of carbonyl (C=O) groups excluding carboxylic acids is 3. The van der Waals surface area contributed by atoms with Crippen molar-refractivity contribution in [2.75, 3.05) is 0 Å². The van der Waals surface area contributed by atoms with Gasteiger partial charge in [0.1, 0.15) is 12.2 Å². The van der Waals surface area contributed by atoms with Gasteiger partial charge in [-0.3, -0.25) is 14.4 Å². The molecule has 0 aromatic heterocycles. The molecule has 0 saturated carbocycles. The maximum Gasteiger partial charge on any atom is 0.312 e. The molecule has 0 aliphatic heterocycles. The molecule has 0 bridgehead atoms. The molecule has 0 aliphatic rings. The van der Waals surface area contributed by atoms with Crippen LogP contribution in [0.25, 0.3) is 0 Å². The fourth-order valence-electron chi connectivity index (χ4n) is 1.31. The number of ketones is 2. The van der Waals surface area contributed by atoms with Crippen LogP contribution in [0.2, 0.25) is 0 Å². The van der Waals surface area contributed by atoms with E-state index in [4.69, 9.17) is 5.11 Å². The van der Waals surface area contributed by atoms with Crippen LogP contribution in [-0.2, 0) is 19.2 Å². The van der Waals surface area contributed by atoms with E-state index in [2.05, 4.69) is 5.32 Å². The Bertz CT molecular complexity index is 324. The smallest absolute Gasteiger partial charge is 0.312 e.